The highest BCUT2D eigenvalue weighted by molar-refractivity contribution is 6.05. The number of hydrogen-bond donors (Lipinski definition) is 1. The number of hydrogen-bond acceptors (Lipinski definition) is 6. The fourth-order valence-corrected chi connectivity index (χ4v) is 2.33. The Morgan fingerprint density at radius 1 is 1.19 bits per heavy atom. The van der Waals surface area contributed by atoms with Crippen molar-refractivity contribution in [2.45, 2.75) is 13.5 Å². The summed E-state index contributed by atoms with van der Waals surface area (Å²) in [5.41, 5.74) is 1.68. The topological polar surface area (TPSA) is 107 Å². The fourth-order valence-electron chi connectivity index (χ4n) is 2.33. The molecule has 0 saturated heterocycles. The summed E-state index contributed by atoms with van der Waals surface area (Å²) in [6.45, 7) is 1.96. The van der Waals surface area contributed by atoms with Crippen molar-refractivity contribution in [3.8, 4) is 5.75 Å². The molecule has 0 aliphatic rings. The van der Waals surface area contributed by atoms with Gasteiger partial charge in [0, 0.05) is 18.0 Å². The largest absolute Gasteiger partial charge is 0.487 e. The second-order valence-electron chi connectivity index (χ2n) is 5.67. The SMILES string of the molecule is Cc1ncc([N+](=O)[O-])cc1C(=O)Nc1ccc(OCc2ccccn2)cc1. The lowest BCUT2D eigenvalue weighted by molar-refractivity contribution is -0.385. The number of benzene rings is 1. The molecule has 8 heteroatoms. The number of nitrogens with one attached hydrogen (secondary N) is 1. The maximum atomic E-state index is 12.4. The number of nitrogens with zero attached hydrogens (tertiary/aromatic N) is 3. The third kappa shape index (κ3) is 4.63. The summed E-state index contributed by atoms with van der Waals surface area (Å²) in [6.07, 6.45) is 2.82. The molecule has 1 aromatic carbocycles. The lowest BCUT2D eigenvalue weighted by Crippen LogP contribution is -2.14. The molecule has 0 bridgehead atoms. The van der Waals surface area contributed by atoms with E-state index in [0.29, 0.717) is 23.7 Å². The minimum atomic E-state index is -0.586. The first-order valence-electron chi connectivity index (χ1n) is 8.08. The van der Waals surface area contributed by atoms with Crippen LogP contribution in [0.1, 0.15) is 21.7 Å². The van der Waals surface area contributed by atoms with Gasteiger partial charge in [-0.1, -0.05) is 6.07 Å². The highest BCUT2D eigenvalue weighted by Crippen LogP contribution is 2.19. The maximum Gasteiger partial charge on any atom is 0.288 e. The lowest BCUT2D eigenvalue weighted by Gasteiger charge is -2.09. The van der Waals surface area contributed by atoms with Crippen molar-refractivity contribution in [1.82, 2.24) is 9.97 Å². The molecule has 0 unspecified atom stereocenters. The Morgan fingerprint density at radius 2 is 1.96 bits per heavy atom. The van der Waals surface area contributed by atoms with Gasteiger partial charge in [0.25, 0.3) is 11.6 Å². The van der Waals surface area contributed by atoms with Gasteiger partial charge in [0.05, 0.1) is 21.9 Å². The van der Waals surface area contributed by atoms with Gasteiger partial charge in [-0.3, -0.25) is 24.9 Å². The van der Waals surface area contributed by atoms with E-state index in [1.807, 2.05) is 18.2 Å². The number of aryl methyl sites for hydroxylation is 1. The van der Waals surface area contributed by atoms with Crippen molar-refractivity contribution in [3.63, 3.8) is 0 Å². The summed E-state index contributed by atoms with van der Waals surface area (Å²) < 4.78 is 5.64. The molecule has 136 valence electrons. The number of ether oxygens (including phenoxy) is 1. The summed E-state index contributed by atoms with van der Waals surface area (Å²) in [7, 11) is 0. The number of nitro groups is 1. The molecular formula is C19H16N4O4. The average molecular weight is 364 g/mol. The smallest absolute Gasteiger partial charge is 0.288 e. The second-order valence-corrected chi connectivity index (χ2v) is 5.67. The summed E-state index contributed by atoms with van der Waals surface area (Å²) in [6, 6.07) is 13.6. The standard InChI is InChI=1S/C19H16N4O4/c1-13-18(10-16(11-21-13)23(25)26)19(24)22-14-5-7-17(8-6-14)27-12-15-4-2-3-9-20-15/h2-11H,12H2,1H3,(H,22,24). The summed E-state index contributed by atoms with van der Waals surface area (Å²) >= 11 is 0. The van der Waals surface area contributed by atoms with Crippen LogP contribution in [0.25, 0.3) is 0 Å². The number of carbonyl (C=O) groups excluding carboxylic acids is 1. The number of aromatic nitrogens is 2. The third-order valence-corrected chi connectivity index (χ3v) is 3.75. The molecular weight excluding hydrogens is 348 g/mol. The quantitative estimate of drug-likeness (QED) is 0.530. The van der Waals surface area contributed by atoms with E-state index in [1.54, 1.807) is 37.4 Å². The van der Waals surface area contributed by atoms with Gasteiger partial charge in [-0.05, 0) is 43.3 Å². The summed E-state index contributed by atoms with van der Waals surface area (Å²) in [5, 5.41) is 13.6. The highest BCUT2D eigenvalue weighted by Gasteiger charge is 2.16. The Balaban J connectivity index is 1.65. The molecule has 0 aliphatic carbocycles. The number of carbonyl (C=O) groups is 1. The normalized spacial score (nSPS) is 10.3. The zero-order valence-corrected chi connectivity index (χ0v) is 14.5. The van der Waals surface area contributed by atoms with E-state index in [1.165, 1.54) is 6.07 Å². The average Bonchev–Trinajstić information content (AvgIpc) is 2.68. The van der Waals surface area contributed by atoms with Crippen LogP contribution in [0.5, 0.6) is 5.75 Å². The monoisotopic (exact) mass is 364 g/mol. The number of amides is 1. The summed E-state index contributed by atoms with van der Waals surface area (Å²) in [4.78, 5) is 30.7. The molecule has 0 aliphatic heterocycles. The van der Waals surface area contributed by atoms with E-state index in [-0.39, 0.29) is 11.3 Å². The first kappa shape index (κ1) is 18.0. The second kappa shape index (κ2) is 8.05. The Kier molecular flexibility index (Phi) is 5.36. The van der Waals surface area contributed by atoms with E-state index >= 15 is 0 Å². The zero-order chi connectivity index (χ0) is 19.2. The van der Waals surface area contributed by atoms with Crippen LogP contribution in [-0.2, 0) is 6.61 Å². The van der Waals surface area contributed by atoms with Crippen molar-refractivity contribution in [3.05, 3.63) is 88.0 Å². The van der Waals surface area contributed by atoms with E-state index < -0.39 is 10.8 Å². The number of rotatable bonds is 6. The van der Waals surface area contributed by atoms with Crippen molar-refractivity contribution in [2.75, 3.05) is 5.32 Å². The minimum Gasteiger partial charge on any atom is -0.487 e. The Labute approximate surface area is 155 Å². The molecule has 1 amide bonds. The van der Waals surface area contributed by atoms with Gasteiger partial charge in [0.2, 0.25) is 0 Å². The first-order chi connectivity index (χ1) is 13.0. The third-order valence-electron chi connectivity index (χ3n) is 3.75. The van der Waals surface area contributed by atoms with Crippen molar-refractivity contribution in [2.24, 2.45) is 0 Å². The fraction of sp³-hybridized carbons (Fsp3) is 0.105. The highest BCUT2D eigenvalue weighted by atomic mass is 16.6. The summed E-state index contributed by atoms with van der Waals surface area (Å²) in [5.74, 6) is 0.165. The van der Waals surface area contributed by atoms with Gasteiger partial charge in [0.15, 0.2) is 0 Å². The Bertz CT molecular complexity index is 959. The van der Waals surface area contributed by atoms with Crippen LogP contribution < -0.4 is 10.1 Å². The molecule has 27 heavy (non-hydrogen) atoms. The van der Waals surface area contributed by atoms with E-state index in [4.69, 9.17) is 4.74 Å². The minimum absolute atomic E-state index is 0.152. The van der Waals surface area contributed by atoms with Gasteiger partial charge in [-0.25, -0.2) is 0 Å². The van der Waals surface area contributed by atoms with Gasteiger partial charge in [0.1, 0.15) is 18.6 Å². The van der Waals surface area contributed by atoms with Crippen LogP contribution in [0.4, 0.5) is 11.4 Å². The van der Waals surface area contributed by atoms with Crippen LogP contribution >= 0.6 is 0 Å². The van der Waals surface area contributed by atoms with Crippen LogP contribution in [0.2, 0.25) is 0 Å². The molecule has 2 aromatic heterocycles. The van der Waals surface area contributed by atoms with Crippen LogP contribution in [-0.4, -0.2) is 20.8 Å². The molecule has 3 aromatic rings. The first-order valence-corrected chi connectivity index (χ1v) is 8.08. The molecule has 1 N–H and O–H groups in total. The Morgan fingerprint density at radius 3 is 2.63 bits per heavy atom. The molecule has 0 spiro atoms. The predicted octanol–water partition coefficient (Wildman–Crippen LogP) is 3.52. The molecule has 3 rings (SSSR count). The zero-order valence-electron chi connectivity index (χ0n) is 14.5. The van der Waals surface area contributed by atoms with Crippen LogP contribution in [0.3, 0.4) is 0 Å². The van der Waals surface area contributed by atoms with Gasteiger partial charge >= 0.3 is 0 Å². The molecule has 8 nitrogen and oxygen atoms in total. The van der Waals surface area contributed by atoms with Crippen LogP contribution in [0, 0.1) is 17.0 Å². The van der Waals surface area contributed by atoms with E-state index in [0.717, 1.165) is 11.9 Å². The van der Waals surface area contributed by atoms with Crippen molar-refractivity contribution >= 4 is 17.3 Å². The van der Waals surface area contributed by atoms with Crippen LogP contribution in [0.15, 0.2) is 60.9 Å². The number of anilines is 1. The van der Waals surface area contributed by atoms with Gasteiger partial charge in [-0.15, -0.1) is 0 Å². The molecule has 0 radical (unpaired) electrons. The lowest BCUT2D eigenvalue weighted by atomic mass is 10.1. The van der Waals surface area contributed by atoms with E-state index in [2.05, 4.69) is 15.3 Å². The van der Waals surface area contributed by atoms with Gasteiger partial charge in [-0.2, -0.15) is 0 Å². The predicted molar refractivity (Wildman–Crippen MR) is 98.6 cm³/mol. The van der Waals surface area contributed by atoms with E-state index in [9.17, 15) is 14.9 Å². The molecule has 2 heterocycles. The Hall–Kier alpha value is -3.81. The molecule has 0 saturated carbocycles. The number of pyridine rings is 2. The van der Waals surface area contributed by atoms with Crippen molar-refractivity contribution < 1.29 is 14.5 Å². The molecule has 0 atom stereocenters. The van der Waals surface area contributed by atoms with Gasteiger partial charge < -0.3 is 10.1 Å². The molecule has 0 fully saturated rings. The maximum absolute atomic E-state index is 12.4. The van der Waals surface area contributed by atoms with Crippen molar-refractivity contribution in [1.29, 1.82) is 0 Å².